The van der Waals surface area contributed by atoms with Gasteiger partial charge in [-0.2, -0.15) is 4.31 Å². The van der Waals surface area contributed by atoms with Crippen LogP contribution in [0.4, 0.5) is 5.82 Å². The molecule has 150 valence electrons. The summed E-state index contributed by atoms with van der Waals surface area (Å²) in [6.45, 7) is 6.55. The third-order valence-corrected chi connectivity index (χ3v) is 7.77. The van der Waals surface area contributed by atoms with Crippen molar-refractivity contribution in [2.75, 3.05) is 44.2 Å². The fourth-order valence-electron chi connectivity index (χ4n) is 3.55. The number of amides is 1. The van der Waals surface area contributed by atoms with Crippen molar-refractivity contribution >= 4 is 33.3 Å². The van der Waals surface area contributed by atoms with E-state index in [2.05, 4.69) is 15.1 Å². The summed E-state index contributed by atoms with van der Waals surface area (Å²) in [6.07, 6.45) is 1.52. The van der Waals surface area contributed by atoms with Gasteiger partial charge < -0.3 is 9.80 Å². The highest BCUT2D eigenvalue weighted by Gasteiger charge is 2.34. The molecular weight excluding hydrogens is 390 g/mol. The maximum atomic E-state index is 12.8. The predicted octanol–water partition coefficient (Wildman–Crippen LogP) is 1.23. The lowest BCUT2D eigenvalue weighted by molar-refractivity contribution is -0.137. The zero-order chi connectivity index (χ0) is 19.6. The van der Waals surface area contributed by atoms with Crippen molar-refractivity contribution in [3.63, 3.8) is 0 Å². The van der Waals surface area contributed by atoms with Gasteiger partial charge in [0.1, 0.15) is 0 Å². The van der Waals surface area contributed by atoms with Crippen LogP contribution in [0.5, 0.6) is 0 Å². The lowest BCUT2D eigenvalue weighted by Crippen LogP contribution is -2.54. The maximum Gasteiger partial charge on any atom is 0.225 e. The quantitative estimate of drug-likeness (QED) is 0.735. The van der Waals surface area contributed by atoms with E-state index in [1.807, 2.05) is 11.0 Å². The molecule has 0 aliphatic carbocycles. The second-order valence-electron chi connectivity index (χ2n) is 7.29. The number of aromatic nitrogens is 2. The van der Waals surface area contributed by atoms with Gasteiger partial charge in [-0.3, -0.25) is 4.79 Å². The van der Waals surface area contributed by atoms with E-state index >= 15 is 0 Å². The molecule has 0 saturated carbocycles. The Morgan fingerprint density at radius 1 is 1.07 bits per heavy atom. The molecule has 2 aliphatic rings. The fourth-order valence-corrected chi connectivity index (χ4v) is 4.92. The highest BCUT2D eigenvalue weighted by atomic mass is 35.5. The van der Waals surface area contributed by atoms with Crippen LogP contribution in [0.15, 0.2) is 12.1 Å². The molecule has 10 heteroatoms. The van der Waals surface area contributed by atoms with Gasteiger partial charge in [0.2, 0.25) is 15.9 Å². The first-order valence-electron chi connectivity index (χ1n) is 9.31. The summed E-state index contributed by atoms with van der Waals surface area (Å²) in [5.41, 5.74) is 0. The standard InChI is InChI=1S/C17H26ClN5O3S/c1-13(2)27(25,26)23-11-9-22(10-12-23)17(24)14-5-7-21(8-6-14)16-4-3-15(18)19-20-16/h3-4,13-14H,5-12H2,1-2H3. The van der Waals surface area contributed by atoms with Crippen molar-refractivity contribution in [2.45, 2.75) is 31.9 Å². The molecule has 0 aromatic carbocycles. The highest BCUT2D eigenvalue weighted by molar-refractivity contribution is 7.89. The van der Waals surface area contributed by atoms with Crippen molar-refractivity contribution in [1.82, 2.24) is 19.4 Å². The molecule has 0 atom stereocenters. The van der Waals surface area contributed by atoms with Gasteiger partial charge in [-0.05, 0) is 38.8 Å². The number of piperidine rings is 1. The van der Waals surface area contributed by atoms with E-state index in [9.17, 15) is 13.2 Å². The zero-order valence-corrected chi connectivity index (χ0v) is 17.3. The third kappa shape index (κ3) is 4.52. The van der Waals surface area contributed by atoms with Gasteiger partial charge >= 0.3 is 0 Å². The normalized spacial score (nSPS) is 20.3. The van der Waals surface area contributed by atoms with Crippen LogP contribution in [0.1, 0.15) is 26.7 Å². The molecule has 3 heterocycles. The molecule has 1 aromatic rings. The molecule has 0 radical (unpaired) electrons. The summed E-state index contributed by atoms with van der Waals surface area (Å²) < 4.78 is 26.0. The van der Waals surface area contributed by atoms with E-state index in [-0.39, 0.29) is 11.8 Å². The summed E-state index contributed by atoms with van der Waals surface area (Å²) in [6, 6.07) is 3.55. The summed E-state index contributed by atoms with van der Waals surface area (Å²) in [5, 5.41) is 7.89. The van der Waals surface area contributed by atoms with Crippen molar-refractivity contribution < 1.29 is 13.2 Å². The minimum Gasteiger partial charge on any atom is -0.355 e. The van der Waals surface area contributed by atoms with Crippen LogP contribution >= 0.6 is 11.6 Å². The monoisotopic (exact) mass is 415 g/mol. The van der Waals surface area contributed by atoms with Gasteiger partial charge in [-0.15, -0.1) is 10.2 Å². The number of carbonyl (C=O) groups excluding carboxylic acids is 1. The molecule has 0 N–H and O–H groups in total. The molecule has 2 aliphatic heterocycles. The lowest BCUT2D eigenvalue weighted by atomic mass is 9.95. The van der Waals surface area contributed by atoms with Crippen LogP contribution in [0.25, 0.3) is 0 Å². The van der Waals surface area contributed by atoms with Gasteiger partial charge in [0.25, 0.3) is 0 Å². The largest absolute Gasteiger partial charge is 0.355 e. The van der Waals surface area contributed by atoms with Gasteiger partial charge in [-0.25, -0.2) is 8.42 Å². The van der Waals surface area contributed by atoms with E-state index in [1.54, 1.807) is 19.9 Å². The van der Waals surface area contributed by atoms with Crippen LogP contribution in [0, 0.1) is 5.92 Å². The highest BCUT2D eigenvalue weighted by Crippen LogP contribution is 2.24. The number of piperazine rings is 1. The maximum absolute atomic E-state index is 12.8. The summed E-state index contributed by atoms with van der Waals surface area (Å²) in [7, 11) is -3.25. The lowest BCUT2D eigenvalue weighted by Gasteiger charge is -2.38. The number of hydrogen-bond donors (Lipinski definition) is 0. The SMILES string of the molecule is CC(C)S(=O)(=O)N1CCN(C(=O)C2CCN(c3ccc(Cl)nn3)CC2)CC1. The molecule has 2 fully saturated rings. The molecule has 8 nitrogen and oxygen atoms in total. The fraction of sp³-hybridized carbons (Fsp3) is 0.706. The Morgan fingerprint density at radius 2 is 1.70 bits per heavy atom. The number of nitrogens with zero attached hydrogens (tertiary/aromatic N) is 5. The topological polar surface area (TPSA) is 86.7 Å². The molecule has 3 rings (SSSR count). The molecule has 0 unspecified atom stereocenters. The zero-order valence-electron chi connectivity index (χ0n) is 15.7. The van der Waals surface area contributed by atoms with Gasteiger partial charge in [0.15, 0.2) is 11.0 Å². The van der Waals surface area contributed by atoms with Crippen LogP contribution < -0.4 is 4.90 Å². The molecular formula is C17H26ClN5O3S. The van der Waals surface area contributed by atoms with Gasteiger partial charge in [0, 0.05) is 45.2 Å². The van der Waals surface area contributed by atoms with Crippen LogP contribution in [0.2, 0.25) is 5.15 Å². The van der Waals surface area contributed by atoms with Crippen molar-refractivity contribution in [3.8, 4) is 0 Å². The third-order valence-electron chi connectivity index (χ3n) is 5.29. The Labute approximate surface area is 165 Å². The Hall–Kier alpha value is -1.45. The molecule has 0 spiro atoms. The Balaban J connectivity index is 1.51. The minimum atomic E-state index is -3.25. The summed E-state index contributed by atoms with van der Waals surface area (Å²) in [5.74, 6) is 0.894. The Kier molecular flexibility index (Phi) is 6.22. The summed E-state index contributed by atoms with van der Waals surface area (Å²) in [4.78, 5) is 16.8. The van der Waals surface area contributed by atoms with Crippen molar-refractivity contribution in [2.24, 2.45) is 5.92 Å². The minimum absolute atomic E-state index is 0.0187. The number of sulfonamides is 1. The molecule has 1 amide bonds. The number of halogens is 1. The second-order valence-corrected chi connectivity index (χ2v) is 10.2. The smallest absolute Gasteiger partial charge is 0.225 e. The Morgan fingerprint density at radius 3 is 2.22 bits per heavy atom. The second kappa shape index (κ2) is 8.28. The first-order valence-corrected chi connectivity index (χ1v) is 11.2. The first-order chi connectivity index (χ1) is 12.8. The van der Waals surface area contributed by atoms with Crippen molar-refractivity contribution in [1.29, 1.82) is 0 Å². The van der Waals surface area contributed by atoms with Crippen LogP contribution in [-0.4, -0.2) is 78.2 Å². The van der Waals surface area contributed by atoms with E-state index in [0.29, 0.717) is 31.3 Å². The number of carbonyl (C=O) groups is 1. The van der Waals surface area contributed by atoms with E-state index in [0.717, 1.165) is 31.7 Å². The average Bonchev–Trinajstić information content (AvgIpc) is 2.68. The number of rotatable bonds is 4. The van der Waals surface area contributed by atoms with E-state index in [1.165, 1.54) is 4.31 Å². The number of anilines is 1. The van der Waals surface area contributed by atoms with Crippen LogP contribution in [0.3, 0.4) is 0 Å². The molecule has 1 aromatic heterocycles. The average molecular weight is 416 g/mol. The van der Waals surface area contributed by atoms with Crippen LogP contribution in [-0.2, 0) is 14.8 Å². The Bertz CT molecular complexity index is 755. The summed E-state index contributed by atoms with van der Waals surface area (Å²) >= 11 is 5.77. The van der Waals surface area contributed by atoms with E-state index < -0.39 is 15.3 Å². The van der Waals surface area contributed by atoms with Crippen molar-refractivity contribution in [3.05, 3.63) is 17.3 Å². The van der Waals surface area contributed by atoms with Gasteiger partial charge in [0.05, 0.1) is 5.25 Å². The molecule has 2 saturated heterocycles. The van der Waals surface area contributed by atoms with Gasteiger partial charge in [-0.1, -0.05) is 11.6 Å². The van der Waals surface area contributed by atoms with E-state index in [4.69, 9.17) is 11.6 Å². The number of hydrogen-bond acceptors (Lipinski definition) is 6. The predicted molar refractivity (Wildman–Crippen MR) is 104 cm³/mol. The first kappa shape index (κ1) is 20.3. The molecule has 0 bridgehead atoms. The molecule has 27 heavy (non-hydrogen) atoms.